The van der Waals surface area contributed by atoms with Crippen LogP contribution in [-0.2, 0) is 12.8 Å². The predicted molar refractivity (Wildman–Crippen MR) is 85.2 cm³/mol. The fourth-order valence-electron chi connectivity index (χ4n) is 3.54. The molecule has 2 aliphatic carbocycles. The third kappa shape index (κ3) is 3.50. The molecule has 3 heteroatoms. The molecule has 1 N–H and O–H groups in total. The van der Waals surface area contributed by atoms with Gasteiger partial charge in [0.2, 0.25) is 0 Å². The summed E-state index contributed by atoms with van der Waals surface area (Å²) in [4.78, 5) is 0. The van der Waals surface area contributed by atoms with E-state index in [-0.39, 0.29) is 0 Å². The fraction of sp³-hybridized carbons (Fsp3) is 0.833. The molecule has 0 amide bonds. The lowest BCUT2D eigenvalue weighted by atomic mass is 9.57. The average Bonchev–Trinajstić information content (AvgIpc) is 3.13. The molecule has 21 heavy (non-hydrogen) atoms. The van der Waals surface area contributed by atoms with Gasteiger partial charge in [-0.1, -0.05) is 32.9 Å². The summed E-state index contributed by atoms with van der Waals surface area (Å²) in [5.74, 6) is 3.36. The number of hydrogen-bond donors (Lipinski definition) is 1. The van der Waals surface area contributed by atoms with E-state index in [1.807, 2.05) is 0 Å². The van der Waals surface area contributed by atoms with Gasteiger partial charge in [-0.05, 0) is 55.4 Å². The van der Waals surface area contributed by atoms with Gasteiger partial charge in [-0.25, -0.2) is 0 Å². The van der Waals surface area contributed by atoms with Crippen LogP contribution in [0.25, 0.3) is 0 Å². The van der Waals surface area contributed by atoms with Gasteiger partial charge in [0, 0.05) is 18.5 Å². The summed E-state index contributed by atoms with van der Waals surface area (Å²) < 4.78 is 5.46. The molecule has 0 aromatic carbocycles. The molecule has 2 saturated carbocycles. The van der Waals surface area contributed by atoms with Gasteiger partial charge in [0.1, 0.15) is 5.76 Å². The number of nitrogens with one attached hydrogen (secondary N) is 1. The third-order valence-electron chi connectivity index (χ3n) is 5.49. The molecule has 118 valence electrons. The Balaban J connectivity index is 1.50. The van der Waals surface area contributed by atoms with Gasteiger partial charge < -0.3 is 9.84 Å². The Kier molecular flexibility index (Phi) is 4.13. The molecule has 2 atom stereocenters. The van der Waals surface area contributed by atoms with Crippen LogP contribution < -0.4 is 5.32 Å². The molecular weight excluding hydrogens is 260 g/mol. The van der Waals surface area contributed by atoms with Crippen LogP contribution >= 0.6 is 0 Å². The van der Waals surface area contributed by atoms with Crippen molar-refractivity contribution in [3.8, 4) is 0 Å². The van der Waals surface area contributed by atoms with Crippen LogP contribution in [0.2, 0.25) is 0 Å². The summed E-state index contributed by atoms with van der Waals surface area (Å²) in [7, 11) is 0. The SMILES string of the molecule is CC(C)Cc1cc(C[C@@H]2C[C@H](NCC3CC3)C2(C)C)no1. The lowest BCUT2D eigenvalue weighted by Gasteiger charge is -2.52. The zero-order valence-electron chi connectivity index (χ0n) is 14.0. The molecule has 0 spiro atoms. The van der Waals surface area contributed by atoms with Gasteiger partial charge in [-0.2, -0.15) is 0 Å². The van der Waals surface area contributed by atoms with Gasteiger partial charge in [0.25, 0.3) is 0 Å². The van der Waals surface area contributed by atoms with Crippen molar-refractivity contribution in [2.75, 3.05) is 6.54 Å². The molecule has 2 aliphatic rings. The molecule has 2 fully saturated rings. The van der Waals surface area contributed by atoms with Crippen LogP contribution in [0.3, 0.4) is 0 Å². The van der Waals surface area contributed by atoms with Gasteiger partial charge in [-0.15, -0.1) is 0 Å². The zero-order valence-corrected chi connectivity index (χ0v) is 14.0. The van der Waals surface area contributed by atoms with Crippen molar-refractivity contribution in [3.05, 3.63) is 17.5 Å². The van der Waals surface area contributed by atoms with E-state index in [2.05, 4.69) is 44.2 Å². The maximum absolute atomic E-state index is 5.46. The van der Waals surface area contributed by atoms with Gasteiger partial charge in [0.05, 0.1) is 5.69 Å². The van der Waals surface area contributed by atoms with Crippen molar-refractivity contribution in [1.82, 2.24) is 10.5 Å². The Labute approximate surface area is 128 Å². The van der Waals surface area contributed by atoms with E-state index in [1.165, 1.54) is 25.8 Å². The van der Waals surface area contributed by atoms with Crippen molar-refractivity contribution in [2.45, 2.75) is 65.8 Å². The number of hydrogen-bond acceptors (Lipinski definition) is 3. The molecule has 0 bridgehead atoms. The van der Waals surface area contributed by atoms with Crippen LogP contribution in [0.5, 0.6) is 0 Å². The van der Waals surface area contributed by atoms with E-state index in [9.17, 15) is 0 Å². The first-order valence-electron chi connectivity index (χ1n) is 8.63. The van der Waals surface area contributed by atoms with Gasteiger partial charge >= 0.3 is 0 Å². The van der Waals surface area contributed by atoms with E-state index < -0.39 is 0 Å². The average molecular weight is 290 g/mol. The summed E-state index contributed by atoms with van der Waals surface area (Å²) in [5, 5.41) is 8.05. The summed E-state index contributed by atoms with van der Waals surface area (Å²) in [5.41, 5.74) is 1.52. The van der Waals surface area contributed by atoms with Crippen LogP contribution in [-0.4, -0.2) is 17.7 Å². The lowest BCUT2D eigenvalue weighted by molar-refractivity contribution is 0.0131. The molecule has 3 nitrogen and oxygen atoms in total. The second-order valence-electron chi connectivity index (χ2n) is 8.24. The molecule has 1 aromatic rings. The highest BCUT2D eigenvalue weighted by molar-refractivity contribution is 5.11. The highest BCUT2D eigenvalue weighted by Crippen LogP contribution is 2.48. The summed E-state index contributed by atoms with van der Waals surface area (Å²) in [6.45, 7) is 10.5. The van der Waals surface area contributed by atoms with Crippen LogP contribution in [0.4, 0.5) is 0 Å². The Morgan fingerprint density at radius 3 is 2.76 bits per heavy atom. The minimum absolute atomic E-state index is 0.381. The largest absolute Gasteiger partial charge is 0.361 e. The maximum Gasteiger partial charge on any atom is 0.137 e. The Morgan fingerprint density at radius 1 is 1.38 bits per heavy atom. The lowest BCUT2D eigenvalue weighted by Crippen LogP contribution is -2.57. The third-order valence-corrected chi connectivity index (χ3v) is 5.49. The van der Waals surface area contributed by atoms with E-state index in [1.54, 1.807) is 0 Å². The smallest absolute Gasteiger partial charge is 0.137 e. The summed E-state index contributed by atoms with van der Waals surface area (Å²) in [6.07, 6.45) is 6.21. The summed E-state index contributed by atoms with van der Waals surface area (Å²) in [6, 6.07) is 2.85. The van der Waals surface area contributed by atoms with Crippen molar-refractivity contribution >= 4 is 0 Å². The molecule has 1 heterocycles. The first-order valence-corrected chi connectivity index (χ1v) is 8.63. The minimum Gasteiger partial charge on any atom is -0.361 e. The van der Waals surface area contributed by atoms with Crippen LogP contribution in [0.1, 0.15) is 58.4 Å². The summed E-state index contributed by atoms with van der Waals surface area (Å²) >= 11 is 0. The van der Waals surface area contributed by atoms with Crippen LogP contribution in [0.15, 0.2) is 10.6 Å². The Morgan fingerprint density at radius 2 is 2.14 bits per heavy atom. The topological polar surface area (TPSA) is 38.1 Å². The van der Waals surface area contributed by atoms with Crippen molar-refractivity contribution in [1.29, 1.82) is 0 Å². The predicted octanol–water partition coefficient (Wildman–Crippen LogP) is 3.83. The van der Waals surface area contributed by atoms with E-state index >= 15 is 0 Å². The first kappa shape index (κ1) is 15.1. The molecule has 0 radical (unpaired) electrons. The van der Waals surface area contributed by atoms with Crippen molar-refractivity contribution in [2.24, 2.45) is 23.2 Å². The number of nitrogens with zero attached hydrogens (tertiary/aromatic N) is 1. The molecule has 0 aliphatic heterocycles. The zero-order chi connectivity index (χ0) is 15.0. The number of rotatable bonds is 7. The van der Waals surface area contributed by atoms with E-state index in [0.717, 1.165) is 36.1 Å². The van der Waals surface area contributed by atoms with Crippen molar-refractivity contribution < 1.29 is 4.52 Å². The molecule has 0 unspecified atom stereocenters. The fourth-order valence-corrected chi connectivity index (χ4v) is 3.54. The standard InChI is InChI=1S/C18H30N2O/c1-12(2)7-16-10-15(20-21-16)8-14-9-17(18(14,3)4)19-11-13-5-6-13/h10,12-14,17,19H,5-9,11H2,1-4H3/t14-,17+/m1/s1. The van der Waals surface area contributed by atoms with Gasteiger partial charge in [0.15, 0.2) is 0 Å². The molecular formula is C18H30N2O. The monoisotopic (exact) mass is 290 g/mol. The Bertz CT molecular complexity index is 473. The quantitative estimate of drug-likeness (QED) is 0.829. The van der Waals surface area contributed by atoms with Gasteiger partial charge in [-0.3, -0.25) is 0 Å². The highest BCUT2D eigenvalue weighted by Gasteiger charge is 2.48. The van der Waals surface area contributed by atoms with Crippen LogP contribution in [0, 0.1) is 23.2 Å². The highest BCUT2D eigenvalue weighted by atomic mass is 16.5. The molecule has 3 rings (SSSR count). The first-order chi connectivity index (χ1) is 9.95. The molecule has 0 saturated heterocycles. The van der Waals surface area contributed by atoms with Crippen molar-refractivity contribution in [3.63, 3.8) is 0 Å². The Hall–Kier alpha value is -0.830. The second-order valence-corrected chi connectivity index (χ2v) is 8.24. The van der Waals surface area contributed by atoms with E-state index in [4.69, 9.17) is 4.52 Å². The van der Waals surface area contributed by atoms with E-state index in [0.29, 0.717) is 17.4 Å². The minimum atomic E-state index is 0.381. The number of aromatic nitrogens is 1. The second kappa shape index (κ2) is 5.75. The molecule has 1 aromatic heterocycles. The maximum atomic E-state index is 5.46. The normalized spacial score (nSPS) is 27.9.